The van der Waals surface area contributed by atoms with E-state index in [1.165, 1.54) is 6.08 Å². The van der Waals surface area contributed by atoms with Crippen LogP contribution in [0.4, 0.5) is 0 Å². The topological polar surface area (TPSA) is 26.3 Å². The van der Waals surface area contributed by atoms with E-state index in [0.717, 1.165) is 0 Å². The van der Waals surface area contributed by atoms with E-state index in [1.807, 2.05) is 19.6 Å². The van der Waals surface area contributed by atoms with Crippen LogP contribution in [0.2, 0.25) is 19.6 Å². The number of carbonyl (C=O) groups excluding carboxylic acids is 1. The molecule has 0 aliphatic heterocycles. The molecule has 0 rings (SSSR count). The molecule has 0 unspecified atom stereocenters. The minimum absolute atomic E-state index is 0.411. The second-order valence-corrected chi connectivity index (χ2v) is 7.37. The van der Waals surface area contributed by atoms with Crippen LogP contribution < -0.4 is 0 Å². The van der Waals surface area contributed by atoms with Gasteiger partial charge in [0.1, 0.15) is 11.7 Å². The van der Waals surface area contributed by atoms with Gasteiger partial charge in [-0.25, -0.2) is 4.79 Å². The molecular formula is C7H12O2Si. The summed E-state index contributed by atoms with van der Waals surface area (Å²) in [6.07, 6.45) is 1.21. The van der Waals surface area contributed by atoms with E-state index in [-0.39, 0.29) is 0 Å². The van der Waals surface area contributed by atoms with Crippen molar-refractivity contribution in [2.45, 2.75) is 19.6 Å². The number of rotatable bonds is 3. The van der Waals surface area contributed by atoms with Crippen LogP contribution in [0, 0.1) is 0 Å². The van der Waals surface area contributed by atoms with Crippen molar-refractivity contribution in [1.82, 2.24) is 0 Å². The average Bonchev–Trinajstić information content (AvgIpc) is 1.59. The van der Waals surface area contributed by atoms with Crippen molar-refractivity contribution < 1.29 is 9.22 Å². The Labute approximate surface area is 62.3 Å². The Balaban J connectivity index is 3.92. The first-order chi connectivity index (χ1) is 4.45. The molecule has 0 fully saturated rings. The fraction of sp³-hybridized carbons (Fsp3) is 0.429. The lowest BCUT2D eigenvalue weighted by molar-refractivity contribution is 0.444. The second kappa shape index (κ2) is 3.39. The van der Waals surface area contributed by atoms with Crippen molar-refractivity contribution in [2.75, 3.05) is 0 Å². The Morgan fingerprint density at radius 3 is 2.40 bits per heavy atom. The SMILES string of the molecule is C=C(C=C=O)O[Si](C)(C)C. The third-order valence-corrected chi connectivity index (χ3v) is 1.53. The zero-order chi connectivity index (χ0) is 8.20. The molecule has 3 heteroatoms. The zero-order valence-corrected chi connectivity index (χ0v) is 7.60. The summed E-state index contributed by atoms with van der Waals surface area (Å²) in [6, 6.07) is 0. The highest BCUT2D eigenvalue weighted by molar-refractivity contribution is 6.70. The van der Waals surface area contributed by atoms with Crippen molar-refractivity contribution in [2.24, 2.45) is 0 Å². The molecule has 0 heterocycles. The fourth-order valence-electron chi connectivity index (χ4n) is 0.488. The van der Waals surface area contributed by atoms with E-state index in [0.29, 0.717) is 5.76 Å². The Kier molecular flexibility index (Phi) is 3.12. The summed E-state index contributed by atoms with van der Waals surface area (Å²) in [7, 11) is -1.57. The first-order valence-corrected chi connectivity index (χ1v) is 6.45. The largest absolute Gasteiger partial charge is 0.544 e. The van der Waals surface area contributed by atoms with Crippen molar-refractivity contribution in [3.63, 3.8) is 0 Å². The lowest BCUT2D eigenvalue weighted by Crippen LogP contribution is -2.24. The van der Waals surface area contributed by atoms with Crippen molar-refractivity contribution >= 4 is 14.3 Å². The molecule has 56 valence electrons. The van der Waals surface area contributed by atoms with Crippen LogP contribution in [0.15, 0.2) is 18.4 Å². The summed E-state index contributed by atoms with van der Waals surface area (Å²) in [4.78, 5) is 9.80. The van der Waals surface area contributed by atoms with E-state index in [4.69, 9.17) is 4.43 Å². The van der Waals surface area contributed by atoms with Crippen LogP contribution in [0.1, 0.15) is 0 Å². The molecule has 0 N–H and O–H groups in total. The van der Waals surface area contributed by atoms with E-state index in [1.54, 1.807) is 5.94 Å². The van der Waals surface area contributed by atoms with Gasteiger partial charge >= 0.3 is 0 Å². The number of allylic oxidation sites excluding steroid dienone is 1. The summed E-state index contributed by atoms with van der Waals surface area (Å²) < 4.78 is 5.30. The van der Waals surface area contributed by atoms with Gasteiger partial charge < -0.3 is 4.43 Å². The standard InChI is InChI=1S/C7H12O2Si/c1-7(5-6-8)9-10(2,3)4/h5H,1H2,2-4H3. The van der Waals surface area contributed by atoms with Gasteiger partial charge in [-0.15, -0.1) is 0 Å². The quantitative estimate of drug-likeness (QED) is 0.269. The molecule has 0 saturated carbocycles. The maximum Gasteiger partial charge on any atom is 0.242 e. The van der Waals surface area contributed by atoms with Crippen LogP contribution >= 0.6 is 0 Å². The third-order valence-electron chi connectivity index (χ3n) is 0.657. The molecule has 0 atom stereocenters. The van der Waals surface area contributed by atoms with E-state index in [9.17, 15) is 4.79 Å². The summed E-state index contributed by atoms with van der Waals surface area (Å²) in [5.74, 6) is 2.02. The lowest BCUT2D eigenvalue weighted by Gasteiger charge is -2.17. The minimum Gasteiger partial charge on any atom is -0.544 e. The van der Waals surface area contributed by atoms with Gasteiger partial charge in [-0.3, -0.25) is 0 Å². The molecule has 0 aliphatic rings. The van der Waals surface area contributed by atoms with Gasteiger partial charge in [0.25, 0.3) is 0 Å². The van der Waals surface area contributed by atoms with Gasteiger partial charge in [-0.1, -0.05) is 6.58 Å². The summed E-state index contributed by atoms with van der Waals surface area (Å²) >= 11 is 0. The molecule has 0 amide bonds. The molecule has 0 saturated heterocycles. The summed E-state index contributed by atoms with van der Waals surface area (Å²) in [5.41, 5.74) is 0. The Hall–Kier alpha value is -0.793. The van der Waals surface area contributed by atoms with Crippen molar-refractivity contribution in [3.8, 4) is 0 Å². The van der Waals surface area contributed by atoms with E-state index < -0.39 is 8.32 Å². The van der Waals surface area contributed by atoms with Crippen LogP contribution in [-0.4, -0.2) is 14.3 Å². The molecule has 0 aromatic rings. The molecular weight excluding hydrogens is 144 g/mol. The lowest BCUT2D eigenvalue weighted by atomic mass is 10.6. The monoisotopic (exact) mass is 156 g/mol. The van der Waals surface area contributed by atoms with Gasteiger partial charge in [0, 0.05) is 0 Å². The molecule has 10 heavy (non-hydrogen) atoms. The maximum atomic E-state index is 9.80. The first-order valence-electron chi connectivity index (χ1n) is 3.04. The molecule has 2 nitrogen and oxygen atoms in total. The highest BCUT2D eigenvalue weighted by atomic mass is 28.4. The summed E-state index contributed by atoms with van der Waals surface area (Å²) in [5, 5.41) is 0. The van der Waals surface area contributed by atoms with Crippen molar-refractivity contribution in [3.05, 3.63) is 18.4 Å². The average molecular weight is 156 g/mol. The van der Waals surface area contributed by atoms with Gasteiger partial charge in [-0.05, 0) is 19.6 Å². The maximum absolute atomic E-state index is 9.80. The Morgan fingerprint density at radius 1 is 1.60 bits per heavy atom. The first kappa shape index (κ1) is 9.21. The molecule has 0 aliphatic carbocycles. The fourth-order valence-corrected chi connectivity index (χ4v) is 1.33. The van der Waals surface area contributed by atoms with Gasteiger partial charge in [0.2, 0.25) is 8.32 Å². The minimum atomic E-state index is -1.57. The highest BCUT2D eigenvalue weighted by Gasteiger charge is 2.15. The Morgan fingerprint density at radius 2 is 2.10 bits per heavy atom. The molecule has 0 aromatic heterocycles. The normalized spacial score (nSPS) is 9.90. The van der Waals surface area contributed by atoms with Crippen molar-refractivity contribution in [1.29, 1.82) is 0 Å². The predicted molar refractivity (Wildman–Crippen MR) is 43.8 cm³/mol. The van der Waals surface area contributed by atoms with Gasteiger partial charge in [0.15, 0.2) is 0 Å². The van der Waals surface area contributed by atoms with Crippen LogP contribution in [-0.2, 0) is 9.22 Å². The highest BCUT2D eigenvalue weighted by Crippen LogP contribution is 2.08. The van der Waals surface area contributed by atoms with Gasteiger partial charge in [0.05, 0.1) is 6.08 Å². The third kappa shape index (κ3) is 5.35. The zero-order valence-electron chi connectivity index (χ0n) is 6.60. The van der Waals surface area contributed by atoms with E-state index in [2.05, 4.69) is 6.58 Å². The Bertz CT molecular complexity index is 173. The summed E-state index contributed by atoms with van der Waals surface area (Å²) in [6.45, 7) is 9.60. The van der Waals surface area contributed by atoms with E-state index >= 15 is 0 Å². The smallest absolute Gasteiger partial charge is 0.242 e. The predicted octanol–water partition coefficient (Wildman–Crippen LogP) is 1.74. The second-order valence-electron chi connectivity index (χ2n) is 2.94. The van der Waals surface area contributed by atoms with Crippen LogP contribution in [0.3, 0.4) is 0 Å². The number of hydrogen-bond acceptors (Lipinski definition) is 2. The molecule has 0 radical (unpaired) electrons. The van der Waals surface area contributed by atoms with Crippen LogP contribution in [0.5, 0.6) is 0 Å². The van der Waals surface area contributed by atoms with Crippen LogP contribution in [0.25, 0.3) is 0 Å². The molecule has 0 aromatic carbocycles. The van der Waals surface area contributed by atoms with Gasteiger partial charge in [-0.2, -0.15) is 0 Å². The molecule has 0 bridgehead atoms. The molecule has 0 spiro atoms. The number of hydrogen-bond donors (Lipinski definition) is 0.